The Hall–Kier alpha value is -3.73. The van der Waals surface area contributed by atoms with Gasteiger partial charge in [0.2, 0.25) is 11.2 Å². The number of ether oxygens (including phenoxy) is 3. The van der Waals surface area contributed by atoms with Gasteiger partial charge in [-0.2, -0.15) is 13.2 Å². The van der Waals surface area contributed by atoms with Gasteiger partial charge in [-0.05, 0) is 61.0 Å². The molecule has 2 heterocycles. The molecule has 0 saturated carbocycles. The number of hydrogen-bond acceptors (Lipinski definition) is 7. The predicted octanol–water partition coefficient (Wildman–Crippen LogP) is 7.44. The summed E-state index contributed by atoms with van der Waals surface area (Å²) in [5.41, 5.74) is 0.0134. The second-order valence-electron chi connectivity index (χ2n) is 8.86. The van der Waals surface area contributed by atoms with Crippen LogP contribution in [0.1, 0.15) is 34.2 Å². The maximum absolute atomic E-state index is 14.1. The minimum Gasteiger partial charge on any atom is -0.478 e. The molecule has 0 radical (unpaired) electrons. The molecule has 0 atom stereocenters. The summed E-state index contributed by atoms with van der Waals surface area (Å²) in [6, 6.07) is 13.1. The Balaban J connectivity index is 1.52. The molecule has 0 aliphatic carbocycles. The molecule has 3 aromatic carbocycles. The third kappa shape index (κ3) is 5.60. The van der Waals surface area contributed by atoms with Crippen molar-refractivity contribution in [1.29, 1.82) is 0 Å². The second-order valence-corrected chi connectivity index (χ2v) is 9.68. The Kier molecular flexibility index (Phi) is 7.67. The summed E-state index contributed by atoms with van der Waals surface area (Å²) in [4.78, 5) is 27.0. The van der Waals surface area contributed by atoms with Crippen LogP contribution in [0.3, 0.4) is 0 Å². The molecule has 0 spiro atoms. The van der Waals surface area contributed by atoms with Crippen LogP contribution in [0.25, 0.3) is 11.0 Å². The molecule has 208 valence electrons. The maximum Gasteiger partial charge on any atom is 0.453 e. The molecule has 0 saturated heterocycles. The number of fused-ring (bicyclic) bond motifs is 3. The van der Waals surface area contributed by atoms with Crippen LogP contribution >= 0.6 is 23.2 Å². The van der Waals surface area contributed by atoms with Gasteiger partial charge < -0.3 is 18.6 Å². The quantitative estimate of drug-likeness (QED) is 0.215. The van der Waals surface area contributed by atoms with E-state index in [-0.39, 0.29) is 47.7 Å². The molecule has 7 nitrogen and oxygen atoms in total. The highest BCUT2D eigenvalue weighted by atomic mass is 35.5. The highest BCUT2D eigenvalue weighted by Crippen LogP contribution is 2.41. The molecule has 0 bridgehead atoms. The standard InChI is InChI=1S/C28H20Cl2F3NO6/c1-2-37-27(36)16-4-6-17(7-5-16)39-25-23(35)18-8-10-22-19(24(18)40-26(25)28(31,32)33)13-34(14-38-22)12-15-3-9-20(29)21(30)11-15/h3-11H,2,12-14H2,1H3. The zero-order valence-corrected chi connectivity index (χ0v) is 22.3. The molecular weight excluding hydrogens is 574 g/mol. The third-order valence-corrected chi connectivity index (χ3v) is 6.84. The van der Waals surface area contributed by atoms with Crippen molar-refractivity contribution in [3.8, 4) is 17.2 Å². The number of esters is 1. The minimum atomic E-state index is -5.05. The van der Waals surface area contributed by atoms with Gasteiger partial charge >= 0.3 is 12.1 Å². The molecule has 1 aliphatic heterocycles. The van der Waals surface area contributed by atoms with Crippen molar-refractivity contribution in [3.63, 3.8) is 0 Å². The van der Waals surface area contributed by atoms with Gasteiger partial charge in [0, 0.05) is 13.1 Å². The molecule has 4 aromatic rings. The lowest BCUT2D eigenvalue weighted by molar-refractivity contribution is -0.154. The Bertz CT molecular complexity index is 1650. The second kappa shape index (κ2) is 11.0. The summed E-state index contributed by atoms with van der Waals surface area (Å²) in [5.74, 6) is -3.00. The van der Waals surface area contributed by atoms with Crippen LogP contribution < -0.4 is 14.9 Å². The smallest absolute Gasteiger partial charge is 0.453 e. The number of halogens is 5. The van der Waals surface area contributed by atoms with Crippen molar-refractivity contribution < 1.29 is 36.6 Å². The summed E-state index contributed by atoms with van der Waals surface area (Å²) < 4.78 is 63.8. The van der Waals surface area contributed by atoms with Crippen molar-refractivity contribution in [2.24, 2.45) is 0 Å². The first-order valence-electron chi connectivity index (χ1n) is 12.0. The number of carbonyl (C=O) groups is 1. The van der Waals surface area contributed by atoms with E-state index >= 15 is 0 Å². The topological polar surface area (TPSA) is 78.2 Å². The van der Waals surface area contributed by atoms with E-state index in [4.69, 9.17) is 41.8 Å². The fourth-order valence-electron chi connectivity index (χ4n) is 4.26. The zero-order chi connectivity index (χ0) is 28.6. The van der Waals surface area contributed by atoms with Gasteiger partial charge in [-0.15, -0.1) is 0 Å². The Morgan fingerprint density at radius 1 is 1.05 bits per heavy atom. The summed E-state index contributed by atoms with van der Waals surface area (Å²) in [6.45, 7) is 2.45. The Labute approximate surface area is 235 Å². The van der Waals surface area contributed by atoms with E-state index in [1.807, 2.05) is 4.90 Å². The minimum absolute atomic E-state index is 0.0979. The molecule has 0 fully saturated rings. The monoisotopic (exact) mass is 593 g/mol. The van der Waals surface area contributed by atoms with Crippen molar-refractivity contribution in [1.82, 2.24) is 4.90 Å². The van der Waals surface area contributed by atoms with Crippen LogP contribution in [0.15, 0.2) is 63.8 Å². The summed E-state index contributed by atoms with van der Waals surface area (Å²) in [6.07, 6.45) is -5.05. The van der Waals surface area contributed by atoms with E-state index in [1.54, 1.807) is 25.1 Å². The molecule has 40 heavy (non-hydrogen) atoms. The summed E-state index contributed by atoms with van der Waals surface area (Å²) in [5, 5.41) is 0.655. The fourth-order valence-corrected chi connectivity index (χ4v) is 4.58. The Morgan fingerprint density at radius 3 is 2.48 bits per heavy atom. The highest BCUT2D eigenvalue weighted by molar-refractivity contribution is 6.42. The zero-order valence-electron chi connectivity index (χ0n) is 20.8. The first-order chi connectivity index (χ1) is 19.0. The molecule has 5 rings (SSSR count). The van der Waals surface area contributed by atoms with Crippen molar-refractivity contribution in [2.45, 2.75) is 26.2 Å². The average molecular weight is 594 g/mol. The molecular formula is C28H20Cl2F3NO6. The van der Waals surface area contributed by atoms with E-state index in [0.29, 0.717) is 22.3 Å². The first kappa shape index (κ1) is 27.8. The third-order valence-electron chi connectivity index (χ3n) is 6.10. The number of alkyl halides is 3. The van der Waals surface area contributed by atoms with Crippen LogP contribution in [0.4, 0.5) is 13.2 Å². The van der Waals surface area contributed by atoms with Crippen molar-refractivity contribution in [3.05, 3.63) is 97.3 Å². The van der Waals surface area contributed by atoms with Gasteiger partial charge in [-0.3, -0.25) is 9.69 Å². The van der Waals surface area contributed by atoms with Gasteiger partial charge in [0.1, 0.15) is 23.8 Å². The van der Waals surface area contributed by atoms with Crippen LogP contribution in [0.5, 0.6) is 17.2 Å². The lowest BCUT2D eigenvalue weighted by atomic mass is 10.1. The number of nitrogens with zero attached hydrogens (tertiary/aromatic N) is 1. The van der Waals surface area contributed by atoms with E-state index in [1.165, 1.54) is 36.4 Å². The van der Waals surface area contributed by atoms with Gasteiger partial charge in [0.15, 0.2) is 0 Å². The van der Waals surface area contributed by atoms with Crippen LogP contribution in [0, 0.1) is 0 Å². The van der Waals surface area contributed by atoms with E-state index in [0.717, 1.165) is 5.56 Å². The van der Waals surface area contributed by atoms with Crippen LogP contribution in [0.2, 0.25) is 10.0 Å². The lowest BCUT2D eigenvalue weighted by Gasteiger charge is -2.29. The van der Waals surface area contributed by atoms with Crippen LogP contribution in [-0.4, -0.2) is 24.2 Å². The largest absolute Gasteiger partial charge is 0.478 e. The van der Waals surface area contributed by atoms with Crippen LogP contribution in [-0.2, 0) is 24.0 Å². The first-order valence-corrected chi connectivity index (χ1v) is 12.7. The van der Waals surface area contributed by atoms with Gasteiger partial charge in [-0.1, -0.05) is 29.3 Å². The molecule has 0 N–H and O–H groups in total. The number of hydrogen-bond donors (Lipinski definition) is 0. The molecule has 12 heteroatoms. The Morgan fingerprint density at radius 2 is 1.80 bits per heavy atom. The van der Waals surface area contributed by atoms with E-state index in [9.17, 15) is 22.8 Å². The number of benzene rings is 3. The summed E-state index contributed by atoms with van der Waals surface area (Å²) in [7, 11) is 0. The maximum atomic E-state index is 14.1. The summed E-state index contributed by atoms with van der Waals surface area (Å²) >= 11 is 12.1. The molecule has 0 unspecified atom stereocenters. The number of rotatable bonds is 6. The molecule has 1 aromatic heterocycles. The molecule has 0 amide bonds. The predicted molar refractivity (Wildman–Crippen MR) is 141 cm³/mol. The van der Waals surface area contributed by atoms with E-state index in [2.05, 4.69) is 0 Å². The van der Waals surface area contributed by atoms with Crippen molar-refractivity contribution in [2.75, 3.05) is 13.3 Å². The highest BCUT2D eigenvalue weighted by Gasteiger charge is 2.41. The molecule has 1 aliphatic rings. The van der Waals surface area contributed by atoms with E-state index < -0.39 is 29.1 Å². The normalized spacial score (nSPS) is 13.6. The van der Waals surface area contributed by atoms with Gasteiger partial charge in [0.25, 0.3) is 5.76 Å². The van der Waals surface area contributed by atoms with Gasteiger partial charge in [-0.25, -0.2) is 4.79 Å². The van der Waals surface area contributed by atoms with Crippen molar-refractivity contribution >= 4 is 40.1 Å². The average Bonchev–Trinajstić information content (AvgIpc) is 2.92. The SMILES string of the molecule is CCOC(=O)c1ccc(Oc2c(C(F)(F)F)oc3c4c(ccc3c2=O)OCN(Cc2ccc(Cl)c(Cl)c2)C4)cc1. The van der Waals surface area contributed by atoms with Gasteiger partial charge in [0.05, 0.1) is 33.2 Å². The fraction of sp³-hybridized carbons (Fsp3) is 0.214. The lowest BCUT2D eigenvalue weighted by Crippen LogP contribution is -2.32. The number of carbonyl (C=O) groups excluding carboxylic acids is 1.